The van der Waals surface area contributed by atoms with Crippen molar-refractivity contribution in [2.75, 3.05) is 32.8 Å². The van der Waals surface area contributed by atoms with Crippen molar-refractivity contribution < 1.29 is 13.9 Å². The number of ether oxygens (including phenoxy) is 1. The summed E-state index contributed by atoms with van der Waals surface area (Å²) in [5.41, 5.74) is 0.998. The first-order valence-corrected chi connectivity index (χ1v) is 8.97. The molecular formula is C18H18Cl2FN3O2. The van der Waals surface area contributed by atoms with Gasteiger partial charge in [-0.3, -0.25) is 9.69 Å². The number of halogens is 3. The lowest BCUT2D eigenvalue weighted by Gasteiger charge is -2.35. The Bertz CT molecular complexity index is 768. The maximum atomic E-state index is 13.3. The van der Waals surface area contributed by atoms with Gasteiger partial charge in [0, 0.05) is 19.6 Å². The summed E-state index contributed by atoms with van der Waals surface area (Å²) in [5.74, 6) is -0.703. The predicted molar refractivity (Wildman–Crippen MR) is 98.1 cm³/mol. The fraction of sp³-hybridized carbons (Fsp3) is 0.333. The van der Waals surface area contributed by atoms with Crippen LogP contribution in [0.5, 0.6) is 0 Å². The highest BCUT2D eigenvalue weighted by molar-refractivity contribution is 6.34. The molecule has 5 nitrogen and oxygen atoms in total. The van der Waals surface area contributed by atoms with E-state index in [1.54, 1.807) is 12.1 Å². The zero-order chi connectivity index (χ0) is 18.5. The van der Waals surface area contributed by atoms with E-state index in [0.717, 1.165) is 18.7 Å². The maximum absolute atomic E-state index is 13.3. The Hall–Kier alpha value is -1.73. The molecule has 138 valence electrons. The van der Waals surface area contributed by atoms with Crippen LogP contribution in [-0.2, 0) is 4.74 Å². The van der Waals surface area contributed by atoms with Gasteiger partial charge in [-0.15, -0.1) is 0 Å². The van der Waals surface area contributed by atoms with Gasteiger partial charge in [-0.2, -0.15) is 0 Å². The fourth-order valence-electron chi connectivity index (χ4n) is 2.88. The summed E-state index contributed by atoms with van der Waals surface area (Å²) in [6.45, 7) is 3.03. The average molecular weight is 398 g/mol. The first-order chi connectivity index (χ1) is 12.5. The van der Waals surface area contributed by atoms with Crippen LogP contribution in [0.15, 0.2) is 36.4 Å². The molecule has 1 aromatic carbocycles. The summed E-state index contributed by atoms with van der Waals surface area (Å²) in [5, 5.41) is 3.29. The van der Waals surface area contributed by atoms with Crippen molar-refractivity contribution in [3.05, 3.63) is 63.6 Å². The van der Waals surface area contributed by atoms with Gasteiger partial charge >= 0.3 is 0 Å². The molecule has 0 unspecified atom stereocenters. The molecule has 3 rings (SSSR count). The molecule has 0 bridgehead atoms. The van der Waals surface area contributed by atoms with Gasteiger partial charge in [0.15, 0.2) is 0 Å². The number of nitrogens with one attached hydrogen (secondary N) is 1. The number of carbonyl (C=O) groups is 1. The van der Waals surface area contributed by atoms with Crippen LogP contribution < -0.4 is 5.32 Å². The van der Waals surface area contributed by atoms with Crippen molar-refractivity contribution in [2.45, 2.75) is 6.04 Å². The van der Waals surface area contributed by atoms with Gasteiger partial charge in [0.25, 0.3) is 5.91 Å². The van der Waals surface area contributed by atoms with E-state index in [1.807, 2.05) is 0 Å². The molecule has 1 aromatic heterocycles. The van der Waals surface area contributed by atoms with Gasteiger partial charge in [0.1, 0.15) is 16.7 Å². The van der Waals surface area contributed by atoms with Crippen molar-refractivity contribution in [3.63, 3.8) is 0 Å². The number of morpholine rings is 1. The quantitative estimate of drug-likeness (QED) is 0.786. The molecule has 0 spiro atoms. The maximum Gasteiger partial charge on any atom is 0.271 e. The first kappa shape index (κ1) is 19.0. The molecule has 1 fully saturated rings. The highest BCUT2D eigenvalue weighted by Crippen LogP contribution is 2.22. The number of benzene rings is 1. The molecule has 2 aromatic rings. The number of rotatable bonds is 5. The Morgan fingerprint density at radius 1 is 1.19 bits per heavy atom. The van der Waals surface area contributed by atoms with Gasteiger partial charge in [-0.25, -0.2) is 9.37 Å². The van der Waals surface area contributed by atoms with Crippen LogP contribution >= 0.6 is 23.2 Å². The third kappa shape index (κ3) is 4.71. The number of hydrogen-bond donors (Lipinski definition) is 1. The zero-order valence-electron chi connectivity index (χ0n) is 13.9. The van der Waals surface area contributed by atoms with Crippen LogP contribution in [-0.4, -0.2) is 48.6 Å². The van der Waals surface area contributed by atoms with Gasteiger partial charge < -0.3 is 10.1 Å². The second kappa shape index (κ2) is 8.77. The standard InChI is InChI=1S/C18H18Cl2FN3O2/c19-14-5-6-16(20)23-17(14)18(25)22-11-15(24-7-9-26-10-8-24)12-1-3-13(21)4-2-12/h1-6,15H,7-11H2,(H,22,25)/t15-/m1/s1. The third-order valence-electron chi connectivity index (χ3n) is 4.22. The Kier molecular flexibility index (Phi) is 6.43. The Morgan fingerprint density at radius 2 is 1.88 bits per heavy atom. The van der Waals surface area contributed by atoms with Gasteiger partial charge in [0.2, 0.25) is 0 Å². The number of amides is 1. The number of hydrogen-bond acceptors (Lipinski definition) is 4. The minimum atomic E-state index is -0.405. The van der Waals surface area contributed by atoms with E-state index in [9.17, 15) is 9.18 Å². The number of pyridine rings is 1. The van der Waals surface area contributed by atoms with Crippen molar-refractivity contribution >= 4 is 29.1 Å². The van der Waals surface area contributed by atoms with E-state index >= 15 is 0 Å². The summed E-state index contributed by atoms with van der Waals surface area (Å²) in [7, 11) is 0. The molecule has 2 heterocycles. The largest absolute Gasteiger partial charge is 0.379 e. The van der Waals surface area contributed by atoms with E-state index in [1.165, 1.54) is 24.3 Å². The van der Waals surface area contributed by atoms with Crippen molar-refractivity contribution in [2.24, 2.45) is 0 Å². The van der Waals surface area contributed by atoms with Gasteiger partial charge in [-0.1, -0.05) is 35.3 Å². The SMILES string of the molecule is O=C(NC[C@H](c1ccc(F)cc1)N1CCOCC1)c1nc(Cl)ccc1Cl. The predicted octanol–water partition coefficient (Wildman–Crippen LogP) is 3.33. The number of aromatic nitrogens is 1. The minimum Gasteiger partial charge on any atom is -0.379 e. The molecule has 1 atom stereocenters. The number of nitrogens with zero attached hydrogens (tertiary/aromatic N) is 2. The molecule has 1 saturated heterocycles. The summed E-state index contributed by atoms with van der Waals surface area (Å²) in [6.07, 6.45) is 0. The Morgan fingerprint density at radius 3 is 2.58 bits per heavy atom. The van der Waals surface area contributed by atoms with Crippen molar-refractivity contribution in [1.82, 2.24) is 15.2 Å². The molecule has 26 heavy (non-hydrogen) atoms. The van der Waals surface area contributed by atoms with Gasteiger partial charge in [0.05, 0.1) is 24.3 Å². The van der Waals surface area contributed by atoms with Crippen molar-refractivity contribution in [3.8, 4) is 0 Å². The molecular weight excluding hydrogens is 380 g/mol. The highest BCUT2D eigenvalue weighted by atomic mass is 35.5. The summed E-state index contributed by atoms with van der Waals surface area (Å²) in [4.78, 5) is 18.7. The topological polar surface area (TPSA) is 54.5 Å². The average Bonchev–Trinajstić information content (AvgIpc) is 2.66. The van der Waals surface area contributed by atoms with Crippen LogP contribution in [0.4, 0.5) is 4.39 Å². The smallest absolute Gasteiger partial charge is 0.271 e. The molecule has 1 amide bonds. The summed E-state index contributed by atoms with van der Waals surface area (Å²) < 4.78 is 18.7. The fourth-order valence-corrected chi connectivity index (χ4v) is 3.22. The molecule has 0 aliphatic carbocycles. The van der Waals surface area contributed by atoms with Crippen molar-refractivity contribution in [1.29, 1.82) is 0 Å². The normalized spacial score (nSPS) is 16.3. The van der Waals surface area contributed by atoms with E-state index in [0.29, 0.717) is 19.8 Å². The molecule has 8 heteroatoms. The summed E-state index contributed by atoms with van der Waals surface area (Å²) in [6, 6.07) is 9.24. The van der Waals surface area contributed by atoms with Gasteiger partial charge in [-0.05, 0) is 29.8 Å². The second-order valence-corrected chi connectivity index (χ2v) is 6.68. The second-order valence-electron chi connectivity index (χ2n) is 5.89. The molecule has 1 N–H and O–H groups in total. The van der Waals surface area contributed by atoms with E-state index in [2.05, 4.69) is 15.2 Å². The lowest BCUT2D eigenvalue weighted by Crippen LogP contribution is -2.44. The molecule has 0 saturated carbocycles. The summed E-state index contributed by atoms with van der Waals surface area (Å²) >= 11 is 11.9. The molecule has 1 aliphatic rings. The minimum absolute atomic E-state index is 0.0824. The lowest BCUT2D eigenvalue weighted by molar-refractivity contribution is 0.0162. The van der Waals surface area contributed by atoms with Crippen LogP contribution in [0.2, 0.25) is 10.2 Å². The molecule has 1 aliphatic heterocycles. The van der Waals surface area contributed by atoms with Crippen LogP contribution in [0.25, 0.3) is 0 Å². The Balaban J connectivity index is 1.75. The van der Waals surface area contributed by atoms with Crippen LogP contribution in [0, 0.1) is 5.82 Å². The first-order valence-electron chi connectivity index (χ1n) is 8.22. The van der Waals surface area contributed by atoms with Crippen LogP contribution in [0.3, 0.4) is 0 Å². The highest BCUT2D eigenvalue weighted by Gasteiger charge is 2.24. The number of carbonyl (C=O) groups excluding carboxylic acids is 1. The van der Waals surface area contributed by atoms with Crippen LogP contribution in [0.1, 0.15) is 22.1 Å². The molecule has 0 radical (unpaired) electrons. The van der Waals surface area contributed by atoms with E-state index in [-0.39, 0.29) is 27.7 Å². The monoisotopic (exact) mass is 397 g/mol. The zero-order valence-corrected chi connectivity index (χ0v) is 15.4. The van der Waals surface area contributed by atoms with E-state index < -0.39 is 5.91 Å². The third-order valence-corrected chi connectivity index (χ3v) is 4.74. The Labute approximate surface area is 161 Å². The van der Waals surface area contributed by atoms with E-state index in [4.69, 9.17) is 27.9 Å². The lowest BCUT2D eigenvalue weighted by atomic mass is 10.0.